The van der Waals surface area contributed by atoms with Crippen molar-refractivity contribution in [2.45, 2.75) is 32.0 Å². The van der Waals surface area contributed by atoms with E-state index >= 15 is 0 Å². The second kappa shape index (κ2) is 7.84. The van der Waals surface area contributed by atoms with Gasteiger partial charge in [-0.05, 0) is 26.0 Å². The Kier molecular flexibility index (Phi) is 6.38. The van der Waals surface area contributed by atoms with Crippen molar-refractivity contribution >= 4 is 12.0 Å². The Morgan fingerprint density at radius 1 is 1.33 bits per heavy atom. The summed E-state index contributed by atoms with van der Waals surface area (Å²) in [5.41, 5.74) is -2.01. The Balaban J connectivity index is 2.60. The number of hydrogen-bond acceptors (Lipinski definition) is 4. The highest BCUT2D eigenvalue weighted by atomic mass is 19.4. The lowest BCUT2D eigenvalue weighted by Crippen LogP contribution is -2.52. The van der Waals surface area contributed by atoms with E-state index in [0.717, 1.165) is 12.1 Å². The maximum atomic E-state index is 12.8. The molecule has 0 bridgehead atoms. The largest absolute Gasteiger partial charge is 0.481 e. The van der Waals surface area contributed by atoms with E-state index in [0.29, 0.717) is 0 Å². The van der Waals surface area contributed by atoms with Crippen molar-refractivity contribution < 1.29 is 32.6 Å². The van der Waals surface area contributed by atoms with Crippen molar-refractivity contribution in [1.29, 1.82) is 0 Å². The van der Waals surface area contributed by atoms with Gasteiger partial charge in [0.2, 0.25) is 5.88 Å². The zero-order valence-corrected chi connectivity index (χ0v) is 13.1. The molecule has 3 N–H and O–H groups in total. The van der Waals surface area contributed by atoms with Crippen molar-refractivity contribution in [2.24, 2.45) is 0 Å². The average Bonchev–Trinajstić information content (AvgIpc) is 2.43. The van der Waals surface area contributed by atoms with Crippen LogP contribution in [-0.4, -0.2) is 40.8 Å². The lowest BCUT2D eigenvalue weighted by atomic mass is 10.1. The van der Waals surface area contributed by atoms with Crippen LogP contribution in [0, 0.1) is 0 Å². The highest BCUT2D eigenvalue weighted by Gasteiger charge is 2.35. The Labute approximate surface area is 136 Å². The maximum absolute atomic E-state index is 12.8. The molecular weight excluding hydrogens is 331 g/mol. The molecule has 10 heteroatoms. The van der Waals surface area contributed by atoms with E-state index in [1.54, 1.807) is 13.8 Å². The van der Waals surface area contributed by atoms with Crippen LogP contribution in [0.1, 0.15) is 25.8 Å². The molecule has 0 aliphatic heterocycles. The quantitative estimate of drug-likeness (QED) is 0.699. The third-order valence-corrected chi connectivity index (χ3v) is 2.72. The predicted molar refractivity (Wildman–Crippen MR) is 77.6 cm³/mol. The van der Waals surface area contributed by atoms with Crippen LogP contribution in [0.25, 0.3) is 0 Å². The number of nitrogens with one attached hydrogen (secondary N) is 2. The lowest BCUT2D eigenvalue weighted by Gasteiger charge is -2.26. The Morgan fingerprint density at radius 3 is 2.58 bits per heavy atom. The minimum absolute atomic E-state index is 0.0729. The zero-order valence-electron chi connectivity index (χ0n) is 13.1. The van der Waals surface area contributed by atoms with E-state index in [9.17, 15) is 22.8 Å². The van der Waals surface area contributed by atoms with Gasteiger partial charge in [0.05, 0.1) is 12.0 Å². The molecular formula is C14H18F3N3O4. The number of ether oxygens (including phenoxy) is 1. The predicted octanol–water partition coefficient (Wildman–Crippen LogP) is 2.03. The first kappa shape index (κ1) is 19.5. The van der Waals surface area contributed by atoms with Gasteiger partial charge in [-0.25, -0.2) is 9.78 Å². The van der Waals surface area contributed by atoms with Crippen LogP contribution < -0.4 is 15.4 Å². The summed E-state index contributed by atoms with van der Waals surface area (Å²) in [4.78, 5) is 25.5. The molecule has 1 aromatic rings. The maximum Gasteiger partial charge on any atom is 0.421 e. The second-order valence-corrected chi connectivity index (χ2v) is 5.55. The number of carbonyl (C=O) groups is 2. The molecule has 0 radical (unpaired) electrons. The standard InChI is InChI=1S/C14H18F3N3O4/c1-13(2,20-12(23)19-7-5-10(21)22)8-24-11-9(14(15,16)17)4-3-6-18-11/h3-4,6H,5,7-8H2,1-2H3,(H,21,22)(H2,19,20,23). The molecule has 0 aromatic carbocycles. The number of carbonyl (C=O) groups excluding carboxylic acids is 1. The summed E-state index contributed by atoms with van der Waals surface area (Å²) in [5.74, 6) is -1.64. The van der Waals surface area contributed by atoms with Crippen LogP contribution in [0.3, 0.4) is 0 Å². The average molecular weight is 349 g/mol. The summed E-state index contributed by atoms with van der Waals surface area (Å²) in [6.45, 7) is 2.75. The molecule has 24 heavy (non-hydrogen) atoms. The summed E-state index contributed by atoms with van der Waals surface area (Å²) in [6, 6.07) is 1.35. The first-order valence-electron chi connectivity index (χ1n) is 6.94. The van der Waals surface area contributed by atoms with E-state index in [1.807, 2.05) is 0 Å². The third-order valence-electron chi connectivity index (χ3n) is 2.72. The molecule has 2 amide bonds. The molecule has 0 atom stereocenters. The Bertz CT molecular complexity index is 591. The molecule has 0 saturated heterocycles. The molecule has 1 heterocycles. The van der Waals surface area contributed by atoms with Gasteiger partial charge < -0.3 is 20.5 Å². The number of pyridine rings is 1. The number of carboxylic acid groups (broad SMARTS) is 1. The SMILES string of the molecule is CC(C)(COc1ncccc1C(F)(F)F)NC(=O)NCCC(=O)O. The van der Waals surface area contributed by atoms with E-state index in [1.165, 1.54) is 6.20 Å². The van der Waals surface area contributed by atoms with Crippen molar-refractivity contribution in [3.05, 3.63) is 23.9 Å². The van der Waals surface area contributed by atoms with E-state index in [2.05, 4.69) is 15.6 Å². The number of aromatic nitrogens is 1. The first-order valence-corrected chi connectivity index (χ1v) is 6.94. The summed E-state index contributed by atoms with van der Waals surface area (Å²) in [5, 5.41) is 13.3. The van der Waals surface area contributed by atoms with Gasteiger partial charge in [0.1, 0.15) is 12.2 Å². The van der Waals surface area contributed by atoms with Gasteiger partial charge in [-0.2, -0.15) is 13.2 Å². The molecule has 0 unspecified atom stereocenters. The van der Waals surface area contributed by atoms with Gasteiger partial charge in [-0.3, -0.25) is 4.79 Å². The van der Waals surface area contributed by atoms with E-state index in [4.69, 9.17) is 9.84 Å². The molecule has 7 nitrogen and oxygen atoms in total. The number of halogens is 3. The third kappa shape index (κ3) is 6.71. The number of urea groups is 1. The van der Waals surface area contributed by atoms with E-state index < -0.39 is 35.2 Å². The zero-order chi connectivity index (χ0) is 18.4. The summed E-state index contributed by atoms with van der Waals surface area (Å²) >= 11 is 0. The van der Waals surface area contributed by atoms with Gasteiger partial charge in [0.15, 0.2) is 0 Å². The van der Waals surface area contributed by atoms with Crippen LogP contribution in [0.2, 0.25) is 0 Å². The van der Waals surface area contributed by atoms with Crippen molar-refractivity contribution in [3.63, 3.8) is 0 Å². The number of rotatable bonds is 7. The number of aliphatic carboxylic acids is 1. The first-order chi connectivity index (χ1) is 11.0. The number of carboxylic acids is 1. The minimum atomic E-state index is -4.60. The molecule has 0 aliphatic carbocycles. The van der Waals surface area contributed by atoms with Crippen LogP contribution in [0.15, 0.2) is 18.3 Å². The molecule has 1 rings (SSSR count). The fourth-order valence-corrected chi connectivity index (χ4v) is 1.64. The van der Waals surface area contributed by atoms with Gasteiger partial charge >= 0.3 is 18.2 Å². The van der Waals surface area contributed by atoms with Gasteiger partial charge in [-0.1, -0.05) is 0 Å². The summed E-state index contributed by atoms with van der Waals surface area (Å²) in [6.07, 6.45) is -3.67. The van der Waals surface area contributed by atoms with Crippen molar-refractivity contribution in [1.82, 2.24) is 15.6 Å². The minimum Gasteiger partial charge on any atom is -0.481 e. The lowest BCUT2D eigenvalue weighted by molar-refractivity contribution is -0.139. The smallest absolute Gasteiger partial charge is 0.421 e. The fraction of sp³-hybridized carbons (Fsp3) is 0.500. The Morgan fingerprint density at radius 2 is 2.00 bits per heavy atom. The highest BCUT2D eigenvalue weighted by molar-refractivity contribution is 5.75. The second-order valence-electron chi connectivity index (χ2n) is 5.55. The van der Waals surface area contributed by atoms with Crippen LogP contribution in [-0.2, 0) is 11.0 Å². The summed E-state index contributed by atoms with van der Waals surface area (Å²) in [7, 11) is 0. The van der Waals surface area contributed by atoms with Crippen molar-refractivity contribution in [2.75, 3.05) is 13.2 Å². The van der Waals surface area contributed by atoms with Crippen molar-refractivity contribution in [3.8, 4) is 5.88 Å². The Hall–Kier alpha value is -2.52. The van der Waals surface area contributed by atoms with Crippen LogP contribution >= 0.6 is 0 Å². The molecule has 0 spiro atoms. The molecule has 0 fully saturated rings. The topological polar surface area (TPSA) is 101 Å². The number of hydrogen-bond donors (Lipinski definition) is 3. The highest BCUT2D eigenvalue weighted by Crippen LogP contribution is 2.34. The van der Waals surface area contributed by atoms with Gasteiger partial charge in [0, 0.05) is 12.7 Å². The molecule has 134 valence electrons. The number of alkyl halides is 3. The van der Waals surface area contributed by atoms with Crippen LogP contribution in [0.5, 0.6) is 5.88 Å². The fourth-order valence-electron chi connectivity index (χ4n) is 1.64. The molecule has 0 saturated carbocycles. The van der Waals surface area contributed by atoms with Gasteiger partial charge in [-0.15, -0.1) is 0 Å². The summed E-state index contributed by atoms with van der Waals surface area (Å²) < 4.78 is 43.6. The number of nitrogens with zero attached hydrogens (tertiary/aromatic N) is 1. The van der Waals surface area contributed by atoms with Crippen LogP contribution in [0.4, 0.5) is 18.0 Å². The molecule has 0 aliphatic rings. The molecule has 1 aromatic heterocycles. The van der Waals surface area contributed by atoms with E-state index in [-0.39, 0.29) is 19.6 Å². The number of amides is 2. The van der Waals surface area contributed by atoms with Gasteiger partial charge in [0.25, 0.3) is 0 Å². The normalized spacial score (nSPS) is 11.7. The monoisotopic (exact) mass is 349 g/mol.